The number of sulfone groups is 1. The van der Waals surface area contributed by atoms with Crippen LogP contribution in [-0.2, 0) is 14.6 Å². The average molecular weight is 384 g/mol. The van der Waals surface area contributed by atoms with Crippen LogP contribution in [0.25, 0.3) is 0 Å². The molecule has 0 bridgehead atoms. The molecule has 6 nitrogen and oxygen atoms in total. The second-order valence-corrected chi connectivity index (χ2v) is 11.7. The van der Waals surface area contributed by atoms with Gasteiger partial charge in [-0.1, -0.05) is 33.1 Å². The summed E-state index contributed by atoms with van der Waals surface area (Å²) in [6, 6.07) is 0.342. The van der Waals surface area contributed by atoms with Crippen molar-refractivity contribution in [2.24, 2.45) is 16.3 Å². The molecule has 2 saturated carbocycles. The summed E-state index contributed by atoms with van der Waals surface area (Å²) in [5, 5.41) is 3.68. The zero-order valence-electron chi connectivity index (χ0n) is 16.3. The molecule has 0 radical (unpaired) electrons. The van der Waals surface area contributed by atoms with Crippen molar-refractivity contribution in [2.75, 3.05) is 32.5 Å². The lowest BCUT2D eigenvalue weighted by atomic mass is 9.57. The van der Waals surface area contributed by atoms with Gasteiger partial charge in [-0.25, -0.2) is 8.42 Å². The van der Waals surface area contributed by atoms with E-state index < -0.39 is 14.6 Å². The van der Waals surface area contributed by atoms with Crippen LogP contribution in [0.1, 0.15) is 52.4 Å². The first-order valence-corrected chi connectivity index (χ1v) is 11.8. The van der Waals surface area contributed by atoms with E-state index in [2.05, 4.69) is 29.1 Å². The van der Waals surface area contributed by atoms with Crippen molar-refractivity contribution in [3.05, 3.63) is 0 Å². The van der Waals surface area contributed by atoms with Crippen molar-refractivity contribution in [3.63, 3.8) is 0 Å². The van der Waals surface area contributed by atoms with Crippen molar-refractivity contribution >= 4 is 15.8 Å². The molecule has 0 amide bonds. The van der Waals surface area contributed by atoms with E-state index in [1.54, 1.807) is 0 Å². The molecule has 1 N–H and O–H groups in total. The Morgan fingerprint density at radius 3 is 2.65 bits per heavy atom. The van der Waals surface area contributed by atoms with Crippen molar-refractivity contribution in [3.8, 4) is 0 Å². The summed E-state index contributed by atoms with van der Waals surface area (Å²) >= 11 is 0. The highest BCUT2D eigenvalue weighted by atomic mass is 32.2. The lowest BCUT2D eigenvalue weighted by molar-refractivity contribution is -0.107. The molecule has 2 aliphatic carbocycles. The molecule has 4 aliphatic rings. The minimum atomic E-state index is -3.02. The largest absolute Gasteiger partial charge is 0.377 e. The normalized spacial score (nSPS) is 37.9. The number of nitrogens with one attached hydrogen (secondary N) is 1. The summed E-state index contributed by atoms with van der Waals surface area (Å²) in [4.78, 5) is 6.73. The van der Waals surface area contributed by atoms with Crippen molar-refractivity contribution in [1.29, 1.82) is 0 Å². The quantitative estimate of drug-likeness (QED) is 0.552. The first-order chi connectivity index (χ1) is 12.3. The monoisotopic (exact) mass is 383 g/mol. The Bertz CT molecular complexity index is 682. The standard InChI is InChI=1S/C19H33N3O3S/c1-18(2)15(14-7-11-25-16(14)18)21-17(20-3)22-10-12-26(23,24)19(13-22)8-5-4-6-9-19/h14-16H,4-13H2,1-3H3,(H,20,21). The lowest BCUT2D eigenvalue weighted by Gasteiger charge is -2.56. The molecule has 0 aromatic heterocycles. The van der Waals surface area contributed by atoms with Gasteiger partial charge in [0.2, 0.25) is 0 Å². The van der Waals surface area contributed by atoms with Gasteiger partial charge in [-0.15, -0.1) is 0 Å². The second kappa shape index (κ2) is 6.36. The number of hydrogen-bond donors (Lipinski definition) is 1. The Balaban J connectivity index is 1.51. The van der Waals surface area contributed by atoms with Crippen molar-refractivity contribution in [2.45, 2.75) is 69.3 Å². The number of hydrogen-bond acceptors (Lipinski definition) is 4. The maximum atomic E-state index is 12.9. The minimum absolute atomic E-state index is 0.0848. The number of aliphatic imine (C=N–C) groups is 1. The third kappa shape index (κ3) is 2.68. The average Bonchev–Trinajstić information content (AvgIpc) is 3.06. The second-order valence-electron chi connectivity index (χ2n) is 9.22. The molecule has 7 heteroatoms. The van der Waals surface area contributed by atoms with Gasteiger partial charge in [-0.2, -0.15) is 0 Å². The van der Waals surface area contributed by atoms with Crippen LogP contribution in [0, 0.1) is 11.3 Å². The molecule has 0 aromatic rings. The van der Waals surface area contributed by atoms with Crippen LogP contribution in [0.4, 0.5) is 0 Å². The fraction of sp³-hybridized carbons (Fsp3) is 0.947. The van der Waals surface area contributed by atoms with Gasteiger partial charge in [-0.05, 0) is 19.3 Å². The number of fused-ring (bicyclic) bond motifs is 1. The summed E-state index contributed by atoms with van der Waals surface area (Å²) in [5.74, 6) is 1.66. The molecule has 1 spiro atoms. The SMILES string of the molecule is CN=C(NC1C2CCOC2C1(C)C)N1CCS(=O)(=O)C2(CCCCC2)C1. The lowest BCUT2D eigenvalue weighted by Crippen LogP contribution is -2.69. The molecular formula is C19H33N3O3S. The van der Waals surface area contributed by atoms with Crippen LogP contribution >= 0.6 is 0 Å². The maximum Gasteiger partial charge on any atom is 0.193 e. The minimum Gasteiger partial charge on any atom is -0.377 e. The van der Waals surface area contributed by atoms with E-state index in [0.29, 0.717) is 31.2 Å². The Morgan fingerprint density at radius 2 is 1.96 bits per heavy atom. The first kappa shape index (κ1) is 18.5. The Kier molecular flexibility index (Phi) is 4.54. The smallest absolute Gasteiger partial charge is 0.193 e. The van der Waals surface area contributed by atoms with Gasteiger partial charge in [-0.3, -0.25) is 4.99 Å². The summed E-state index contributed by atoms with van der Waals surface area (Å²) in [6.07, 6.45) is 6.24. The van der Waals surface area contributed by atoms with Gasteiger partial charge in [0.1, 0.15) is 0 Å². The number of ether oxygens (including phenoxy) is 1. The third-order valence-electron chi connectivity index (χ3n) is 7.43. The zero-order valence-corrected chi connectivity index (χ0v) is 17.1. The van der Waals surface area contributed by atoms with Crippen LogP contribution in [0.5, 0.6) is 0 Å². The van der Waals surface area contributed by atoms with Crippen LogP contribution in [0.2, 0.25) is 0 Å². The molecule has 0 aromatic carbocycles. The molecule has 26 heavy (non-hydrogen) atoms. The van der Waals surface area contributed by atoms with E-state index >= 15 is 0 Å². The molecule has 4 fully saturated rings. The topological polar surface area (TPSA) is 71.0 Å². The van der Waals surface area contributed by atoms with Crippen LogP contribution in [0.15, 0.2) is 4.99 Å². The van der Waals surface area contributed by atoms with Gasteiger partial charge in [0.15, 0.2) is 15.8 Å². The molecular weight excluding hydrogens is 350 g/mol. The third-order valence-corrected chi connectivity index (χ3v) is 10.0. The van der Waals surface area contributed by atoms with E-state index in [4.69, 9.17) is 4.74 Å². The van der Waals surface area contributed by atoms with Crippen LogP contribution in [-0.4, -0.2) is 68.7 Å². The van der Waals surface area contributed by atoms with E-state index in [1.165, 1.54) is 0 Å². The van der Waals surface area contributed by atoms with Crippen LogP contribution in [0.3, 0.4) is 0 Å². The van der Waals surface area contributed by atoms with Crippen molar-refractivity contribution < 1.29 is 13.2 Å². The van der Waals surface area contributed by atoms with Gasteiger partial charge >= 0.3 is 0 Å². The fourth-order valence-electron chi connectivity index (χ4n) is 5.87. The van der Waals surface area contributed by atoms with Gasteiger partial charge in [0.25, 0.3) is 0 Å². The first-order valence-electron chi connectivity index (χ1n) is 10.1. The van der Waals surface area contributed by atoms with Crippen LogP contribution < -0.4 is 5.32 Å². The highest BCUT2D eigenvalue weighted by Gasteiger charge is 2.60. The molecule has 3 unspecified atom stereocenters. The predicted molar refractivity (Wildman–Crippen MR) is 103 cm³/mol. The van der Waals surface area contributed by atoms with E-state index in [-0.39, 0.29) is 11.2 Å². The fourth-order valence-corrected chi connectivity index (χ4v) is 8.03. The highest BCUT2D eigenvalue weighted by Crippen LogP contribution is 2.52. The van der Waals surface area contributed by atoms with E-state index in [9.17, 15) is 8.42 Å². The predicted octanol–water partition coefficient (Wildman–Crippen LogP) is 1.81. The zero-order chi connectivity index (χ0) is 18.6. The Hall–Kier alpha value is -0.820. The highest BCUT2D eigenvalue weighted by molar-refractivity contribution is 7.92. The maximum absolute atomic E-state index is 12.9. The molecule has 2 aliphatic heterocycles. The number of nitrogens with zero attached hydrogens (tertiary/aromatic N) is 2. The summed E-state index contributed by atoms with van der Waals surface area (Å²) in [6.45, 7) is 6.50. The number of guanidine groups is 1. The molecule has 3 atom stereocenters. The molecule has 4 rings (SSSR count). The number of rotatable bonds is 1. The van der Waals surface area contributed by atoms with Gasteiger partial charge in [0.05, 0.1) is 16.6 Å². The van der Waals surface area contributed by atoms with E-state index in [1.807, 2.05) is 7.05 Å². The van der Waals surface area contributed by atoms with Crippen molar-refractivity contribution in [1.82, 2.24) is 10.2 Å². The Morgan fingerprint density at radius 1 is 1.23 bits per heavy atom. The van der Waals surface area contributed by atoms with E-state index in [0.717, 1.165) is 51.1 Å². The Labute approximate surface area is 157 Å². The molecule has 148 valence electrons. The summed E-state index contributed by atoms with van der Waals surface area (Å²) < 4.78 is 31.1. The van der Waals surface area contributed by atoms with Gasteiger partial charge < -0.3 is 15.0 Å². The van der Waals surface area contributed by atoms with Gasteiger partial charge in [0, 0.05) is 44.1 Å². The molecule has 2 saturated heterocycles. The summed E-state index contributed by atoms with van der Waals surface area (Å²) in [5.41, 5.74) is 0.0848. The molecule has 2 heterocycles. The summed E-state index contributed by atoms with van der Waals surface area (Å²) in [7, 11) is -1.21.